The summed E-state index contributed by atoms with van der Waals surface area (Å²) in [6.45, 7) is 5.41. The number of rotatable bonds is 1. The summed E-state index contributed by atoms with van der Waals surface area (Å²) in [6, 6.07) is 6.36. The Labute approximate surface area is 93.6 Å². The van der Waals surface area contributed by atoms with Gasteiger partial charge in [-0.1, -0.05) is 35.8 Å². The minimum atomic E-state index is 0.659. The zero-order valence-electron chi connectivity index (χ0n) is 8.59. The highest BCUT2D eigenvalue weighted by Crippen LogP contribution is 2.39. The monoisotopic (exact) mass is 254 g/mol. The van der Waals surface area contributed by atoms with Gasteiger partial charge in [0.1, 0.15) is 5.75 Å². The lowest BCUT2D eigenvalue weighted by molar-refractivity contribution is 0.247. The Hall–Kier alpha value is -0.500. The van der Waals surface area contributed by atoms with E-state index in [0.29, 0.717) is 11.8 Å². The van der Waals surface area contributed by atoms with Crippen LogP contribution in [0.15, 0.2) is 22.7 Å². The summed E-state index contributed by atoms with van der Waals surface area (Å²) in [6.07, 6.45) is 1.15. The third-order valence-electron chi connectivity index (χ3n) is 2.87. The van der Waals surface area contributed by atoms with Gasteiger partial charge in [-0.3, -0.25) is 0 Å². The van der Waals surface area contributed by atoms with Gasteiger partial charge in [0.25, 0.3) is 0 Å². The molecular formula is C12H15BrO. The fourth-order valence-corrected chi connectivity index (χ4v) is 2.42. The van der Waals surface area contributed by atoms with Crippen molar-refractivity contribution in [1.82, 2.24) is 0 Å². The maximum atomic E-state index is 5.65. The number of ether oxygens (including phenoxy) is 1. The number of halogens is 1. The van der Waals surface area contributed by atoms with Crippen LogP contribution in [-0.4, -0.2) is 6.61 Å². The van der Waals surface area contributed by atoms with Crippen LogP contribution in [0, 0.1) is 5.92 Å². The first-order chi connectivity index (χ1) is 6.68. The lowest BCUT2D eigenvalue weighted by Gasteiger charge is -2.28. The summed E-state index contributed by atoms with van der Waals surface area (Å²) in [5.74, 6) is 2.41. The highest BCUT2D eigenvalue weighted by atomic mass is 79.9. The van der Waals surface area contributed by atoms with Crippen LogP contribution in [0.25, 0.3) is 0 Å². The molecule has 0 N–H and O–H groups in total. The van der Waals surface area contributed by atoms with Gasteiger partial charge >= 0.3 is 0 Å². The number of hydrogen-bond acceptors (Lipinski definition) is 1. The molecule has 1 aliphatic rings. The fourth-order valence-electron chi connectivity index (χ4n) is 2.08. The second-order valence-electron chi connectivity index (χ2n) is 4.17. The van der Waals surface area contributed by atoms with Crippen molar-refractivity contribution in [3.63, 3.8) is 0 Å². The second-order valence-corrected chi connectivity index (χ2v) is 5.09. The molecular weight excluding hydrogens is 240 g/mol. The van der Waals surface area contributed by atoms with E-state index >= 15 is 0 Å². The van der Waals surface area contributed by atoms with E-state index in [1.165, 1.54) is 5.56 Å². The van der Waals surface area contributed by atoms with E-state index in [1.807, 2.05) is 0 Å². The van der Waals surface area contributed by atoms with Gasteiger partial charge in [-0.25, -0.2) is 0 Å². The Morgan fingerprint density at radius 3 is 2.93 bits per heavy atom. The van der Waals surface area contributed by atoms with Gasteiger partial charge in [0.2, 0.25) is 0 Å². The molecule has 1 unspecified atom stereocenters. The largest absolute Gasteiger partial charge is 0.493 e. The zero-order chi connectivity index (χ0) is 10.1. The molecule has 0 saturated heterocycles. The van der Waals surface area contributed by atoms with E-state index in [-0.39, 0.29) is 0 Å². The Bertz CT molecular complexity index is 333. The minimum absolute atomic E-state index is 0.659. The summed E-state index contributed by atoms with van der Waals surface area (Å²) >= 11 is 3.47. The predicted octanol–water partition coefficient (Wildman–Crippen LogP) is 3.97. The molecule has 1 atom stereocenters. The van der Waals surface area contributed by atoms with E-state index in [2.05, 4.69) is 48.0 Å². The Balaban J connectivity index is 2.40. The third-order valence-corrected chi connectivity index (χ3v) is 3.36. The van der Waals surface area contributed by atoms with Crippen molar-refractivity contribution < 1.29 is 4.74 Å². The Kier molecular flexibility index (Phi) is 2.82. The quantitative estimate of drug-likeness (QED) is 0.737. The van der Waals surface area contributed by atoms with Gasteiger partial charge in [0, 0.05) is 4.47 Å². The SMILES string of the molecule is CC(C)C1CCOc2cc(Br)ccc21. The molecule has 1 aromatic rings. The van der Waals surface area contributed by atoms with Crippen LogP contribution in [0.2, 0.25) is 0 Å². The van der Waals surface area contributed by atoms with Crippen LogP contribution < -0.4 is 4.74 Å². The number of fused-ring (bicyclic) bond motifs is 1. The summed E-state index contributed by atoms with van der Waals surface area (Å²) in [5, 5.41) is 0. The molecule has 76 valence electrons. The van der Waals surface area contributed by atoms with E-state index in [9.17, 15) is 0 Å². The third kappa shape index (κ3) is 1.81. The zero-order valence-corrected chi connectivity index (χ0v) is 10.2. The van der Waals surface area contributed by atoms with Crippen molar-refractivity contribution in [3.05, 3.63) is 28.2 Å². The van der Waals surface area contributed by atoms with Crippen LogP contribution in [0.5, 0.6) is 5.75 Å². The van der Waals surface area contributed by atoms with Crippen LogP contribution in [-0.2, 0) is 0 Å². The van der Waals surface area contributed by atoms with Crippen molar-refractivity contribution in [2.75, 3.05) is 6.61 Å². The maximum Gasteiger partial charge on any atom is 0.123 e. The first kappa shape index (κ1) is 10.0. The van der Waals surface area contributed by atoms with E-state index < -0.39 is 0 Å². The van der Waals surface area contributed by atoms with Gasteiger partial charge in [-0.15, -0.1) is 0 Å². The van der Waals surface area contributed by atoms with Crippen LogP contribution in [0.3, 0.4) is 0 Å². The number of benzene rings is 1. The molecule has 0 fully saturated rings. The molecule has 0 amide bonds. The van der Waals surface area contributed by atoms with Crippen LogP contribution in [0.4, 0.5) is 0 Å². The molecule has 0 aliphatic carbocycles. The second kappa shape index (κ2) is 3.93. The predicted molar refractivity (Wildman–Crippen MR) is 61.8 cm³/mol. The van der Waals surface area contributed by atoms with Gasteiger partial charge in [-0.2, -0.15) is 0 Å². The molecule has 0 saturated carbocycles. The van der Waals surface area contributed by atoms with Crippen molar-refractivity contribution in [2.45, 2.75) is 26.2 Å². The molecule has 0 aromatic heterocycles. The molecule has 1 nitrogen and oxygen atoms in total. The van der Waals surface area contributed by atoms with Gasteiger partial charge < -0.3 is 4.74 Å². The van der Waals surface area contributed by atoms with Gasteiger partial charge in [0.15, 0.2) is 0 Å². The molecule has 14 heavy (non-hydrogen) atoms. The molecule has 0 bridgehead atoms. The van der Waals surface area contributed by atoms with Crippen molar-refractivity contribution in [1.29, 1.82) is 0 Å². The highest BCUT2D eigenvalue weighted by molar-refractivity contribution is 9.10. The fraction of sp³-hybridized carbons (Fsp3) is 0.500. The normalized spacial score (nSPS) is 20.4. The highest BCUT2D eigenvalue weighted by Gasteiger charge is 2.23. The first-order valence-electron chi connectivity index (χ1n) is 5.10. The molecule has 2 rings (SSSR count). The maximum absolute atomic E-state index is 5.65. The molecule has 0 radical (unpaired) electrons. The lowest BCUT2D eigenvalue weighted by atomic mass is 9.84. The van der Waals surface area contributed by atoms with Crippen LogP contribution >= 0.6 is 15.9 Å². The Morgan fingerprint density at radius 2 is 2.21 bits per heavy atom. The smallest absolute Gasteiger partial charge is 0.123 e. The van der Waals surface area contributed by atoms with E-state index in [1.54, 1.807) is 0 Å². The molecule has 0 spiro atoms. The van der Waals surface area contributed by atoms with Gasteiger partial charge in [-0.05, 0) is 36.0 Å². The summed E-state index contributed by atoms with van der Waals surface area (Å²) in [7, 11) is 0. The average molecular weight is 255 g/mol. The molecule has 1 aliphatic heterocycles. The van der Waals surface area contributed by atoms with E-state index in [0.717, 1.165) is 23.2 Å². The molecule has 1 heterocycles. The first-order valence-corrected chi connectivity index (χ1v) is 5.90. The number of hydrogen-bond donors (Lipinski definition) is 0. The molecule has 1 aromatic carbocycles. The summed E-state index contributed by atoms with van der Waals surface area (Å²) < 4.78 is 6.75. The molecule has 2 heteroatoms. The van der Waals surface area contributed by atoms with Gasteiger partial charge in [0.05, 0.1) is 6.61 Å². The summed E-state index contributed by atoms with van der Waals surface area (Å²) in [4.78, 5) is 0. The standard InChI is InChI=1S/C12H15BrO/c1-8(2)10-5-6-14-12-7-9(13)3-4-11(10)12/h3-4,7-8,10H,5-6H2,1-2H3. The van der Waals surface area contributed by atoms with E-state index in [4.69, 9.17) is 4.74 Å². The average Bonchev–Trinajstić information content (AvgIpc) is 2.16. The van der Waals surface area contributed by atoms with Crippen molar-refractivity contribution in [3.8, 4) is 5.75 Å². The van der Waals surface area contributed by atoms with Crippen molar-refractivity contribution in [2.24, 2.45) is 5.92 Å². The van der Waals surface area contributed by atoms with Crippen LogP contribution in [0.1, 0.15) is 31.7 Å². The topological polar surface area (TPSA) is 9.23 Å². The van der Waals surface area contributed by atoms with Crippen molar-refractivity contribution >= 4 is 15.9 Å². The summed E-state index contributed by atoms with van der Waals surface area (Å²) in [5.41, 5.74) is 1.37. The lowest BCUT2D eigenvalue weighted by Crippen LogP contribution is -2.18. The minimum Gasteiger partial charge on any atom is -0.493 e. The Morgan fingerprint density at radius 1 is 1.43 bits per heavy atom.